The number of nitrogens with one attached hydrogen (secondary N) is 1. The largest absolute Gasteiger partial charge is 0.481 e. The molecule has 1 fully saturated rings. The number of carbonyl (C=O) groups is 1. The zero-order valence-corrected chi connectivity index (χ0v) is 11.7. The van der Waals surface area contributed by atoms with E-state index < -0.39 is 21.4 Å². The molecule has 0 atom stereocenters. The number of hydrogen-bond donors (Lipinski definition) is 2. The van der Waals surface area contributed by atoms with E-state index in [1.807, 2.05) is 0 Å². The van der Waals surface area contributed by atoms with Crippen molar-refractivity contribution in [2.45, 2.75) is 43.0 Å². The van der Waals surface area contributed by atoms with Crippen LogP contribution in [0.25, 0.3) is 0 Å². The van der Waals surface area contributed by atoms with E-state index in [-0.39, 0.29) is 10.9 Å². The van der Waals surface area contributed by atoms with Crippen LogP contribution in [-0.2, 0) is 20.2 Å². The number of rotatable bonds is 5. The molecule has 5 nitrogen and oxygen atoms in total. The Balaban J connectivity index is 2.27. The highest BCUT2D eigenvalue weighted by Crippen LogP contribution is 2.48. The first-order valence-electron chi connectivity index (χ1n) is 6.14. The Kier molecular flexibility index (Phi) is 3.40. The normalized spacial score (nSPS) is 17.4. The van der Waals surface area contributed by atoms with Crippen molar-refractivity contribution < 1.29 is 18.3 Å². The molecule has 19 heavy (non-hydrogen) atoms. The molecule has 2 N–H and O–H groups in total. The van der Waals surface area contributed by atoms with Gasteiger partial charge < -0.3 is 5.11 Å². The van der Waals surface area contributed by atoms with Crippen LogP contribution in [0, 0.1) is 0 Å². The summed E-state index contributed by atoms with van der Waals surface area (Å²) in [5.74, 6) is -0.844. The molecule has 0 saturated heterocycles. The van der Waals surface area contributed by atoms with Crippen LogP contribution in [0.2, 0.25) is 0 Å². The lowest BCUT2D eigenvalue weighted by atomic mass is 9.96. The van der Waals surface area contributed by atoms with Gasteiger partial charge in [-0.15, -0.1) is 0 Å². The van der Waals surface area contributed by atoms with Crippen molar-refractivity contribution in [2.24, 2.45) is 0 Å². The third kappa shape index (κ3) is 2.64. The summed E-state index contributed by atoms with van der Waals surface area (Å²) in [4.78, 5) is 11.3. The Labute approximate surface area is 112 Å². The van der Waals surface area contributed by atoms with Gasteiger partial charge in [0.2, 0.25) is 10.0 Å². The average Bonchev–Trinajstić information content (AvgIpc) is 3.08. The first-order valence-corrected chi connectivity index (χ1v) is 7.62. The first-order chi connectivity index (χ1) is 8.78. The van der Waals surface area contributed by atoms with Gasteiger partial charge in [-0.25, -0.2) is 13.1 Å². The van der Waals surface area contributed by atoms with Gasteiger partial charge in [0, 0.05) is 6.04 Å². The van der Waals surface area contributed by atoms with Gasteiger partial charge in [-0.05, 0) is 44.4 Å². The smallest absolute Gasteiger partial charge is 0.314 e. The highest BCUT2D eigenvalue weighted by atomic mass is 32.2. The third-order valence-corrected chi connectivity index (χ3v) is 4.94. The van der Waals surface area contributed by atoms with Crippen molar-refractivity contribution in [3.8, 4) is 0 Å². The quantitative estimate of drug-likeness (QED) is 0.857. The maximum Gasteiger partial charge on any atom is 0.314 e. The fourth-order valence-electron chi connectivity index (χ4n) is 2.08. The Bertz CT molecular complexity index is 586. The summed E-state index contributed by atoms with van der Waals surface area (Å²) in [5.41, 5.74) is -0.128. The molecule has 1 saturated carbocycles. The predicted octanol–water partition coefficient (Wildman–Crippen LogP) is 1.49. The van der Waals surface area contributed by atoms with Gasteiger partial charge in [0.25, 0.3) is 0 Å². The Morgan fingerprint density at radius 1 is 1.26 bits per heavy atom. The van der Waals surface area contributed by atoms with Crippen LogP contribution in [0.4, 0.5) is 0 Å². The van der Waals surface area contributed by atoms with E-state index in [2.05, 4.69) is 4.72 Å². The number of carboxylic acids is 1. The summed E-state index contributed by atoms with van der Waals surface area (Å²) in [6.45, 7) is 3.49. The van der Waals surface area contributed by atoms with Gasteiger partial charge >= 0.3 is 5.97 Å². The molecule has 6 heteroatoms. The first kappa shape index (κ1) is 14.0. The van der Waals surface area contributed by atoms with Gasteiger partial charge in [0.15, 0.2) is 0 Å². The van der Waals surface area contributed by atoms with E-state index in [9.17, 15) is 18.3 Å². The number of benzene rings is 1. The molecule has 0 spiro atoms. The van der Waals surface area contributed by atoms with E-state index in [1.54, 1.807) is 26.0 Å². The molecule has 0 aliphatic heterocycles. The number of sulfonamides is 1. The molecule has 1 aliphatic rings. The summed E-state index contributed by atoms with van der Waals surface area (Å²) < 4.78 is 26.3. The Hall–Kier alpha value is -1.40. The fraction of sp³-hybridized carbons (Fsp3) is 0.462. The lowest BCUT2D eigenvalue weighted by Crippen LogP contribution is -2.30. The van der Waals surface area contributed by atoms with Crippen LogP contribution >= 0.6 is 0 Å². The number of hydrogen-bond acceptors (Lipinski definition) is 3. The van der Waals surface area contributed by atoms with Crippen molar-refractivity contribution >= 4 is 16.0 Å². The minimum atomic E-state index is -3.52. The van der Waals surface area contributed by atoms with Crippen molar-refractivity contribution in [1.29, 1.82) is 0 Å². The zero-order chi connectivity index (χ0) is 14.3. The lowest BCUT2D eigenvalue weighted by molar-refractivity contribution is -0.140. The molecule has 0 unspecified atom stereocenters. The van der Waals surface area contributed by atoms with Crippen LogP contribution < -0.4 is 4.72 Å². The summed E-state index contributed by atoms with van der Waals surface area (Å²) >= 11 is 0. The Morgan fingerprint density at radius 2 is 1.79 bits per heavy atom. The van der Waals surface area contributed by atoms with E-state index in [4.69, 9.17) is 0 Å². The molecule has 0 bridgehead atoms. The molecule has 0 heterocycles. The number of carboxylic acid groups (broad SMARTS) is 1. The van der Waals surface area contributed by atoms with Crippen LogP contribution in [-0.4, -0.2) is 25.5 Å². The molecular formula is C13H17NO4S. The molecule has 0 aromatic heterocycles. The van der Waals surface area contributed by atoms with E-state index in [0.29, 0.717) is 18.4 Å². The van der Waals surface area contributed by atoms with E-state index in [1.165, 1.54) is 12.1 Å². The van der Waals surface area contributed by atoms with Gasteiger partial charge in [-0.2, -0.15) is 0 Å². The standard InChI is InChI=1S/C13H17NO4S/c1-9(2)14-19(17,18)11-5-3-10(4-6-11)13(7-8-13)12(15)16/h3-6,9,14H,7-8H2,1-2H3,(H,15,16). The molecule has 1 aromatic carbocycles. The molecule has 2 rings (SSSR count). The van der Waals surface area contributed by atoms with Gasteiger partial charge in [-0.3, -0.25) is 4.79 Å². The molecule has 104 valence electrons. The van der Waals surface area contributed by atoms with Crippen molar-refractivity contribution in [3.05, 3.63) is 29.8 Å². The second-order valence-corrected chi connectivity index (χ2v) is 6.90. The third-order valence-electron chi connectivity index (χ3n) is 3.27. The summed E-state index contributed by atoms with van der Waals surface area (Å²) in [5, 5.41) is 9.17. The minimum absolute atomic E-state index is 0.158. The maximum atomic E-state index is 11.9. The molecule has 1 aliphatic carbocycles. The molecule has 0 amide bonds. The SMILES string of the molecule is CC(C)NS(=O)(=O)c1ccc(C2(C(=O)O)CC2)cc1. The van der Waals surface area contributed by atoms with Crippen LogP contribution in [0.1, 0.15) is 32.3 Å². The second-order valence-electron chi connectivity index (χ2n) is 5.19. The Morgan fingerprint density at radius 3 is 2.16 bits per heavy atom. The van der Waals surface area contributed by atoms with Crippen molar-refractivity contribution in [2.75, 3.05) is 0 Å². The molecular weight excluding hydrogens is 266 g/mol. The van der Waals surface area contributed by atoms with E-state index in [0.717, 1.165) is 0 Å². The maximum absolute atomic E-state index is 11.9. The van der Waals surface area contributed by atoms with E-state index >= 15 is 0 Å². The highest BCUT2D eigenvalue weighted by Gasteiger charge is 2.51. The topological polar surface area (TPSA) is 83.5 Å². The van der Waals surface area contributed by atoms with Crippen LogP contribution in [0.15, 0.2) is 29.2 Å². The van der Waals surface area contributed by atoms with Gasteiger partial charge in [0.1, 0.15) is 0 Å². The zero-order valence-electron chi connectivity index (χ0n) is 10.9. The molecule has 0 radical (unpaired) electrons. The molecule has 1 aromatic rings. The lowest BCUT2D eigenvalue weighted by Gasteiger charge is -2.12. The summed E-state index contributed by atoms with van der Waals surface area (Å²) in [7, 11) is -3.52. The average molecular weight is 283 g/mol. The van der Waals surface area contributed by atoms with Crippen molar-refractivity contribution in [1.82, 2.24) is 4.72 Å². The fourth-order valence-corrected chi connectivity index (χ4v) is 3.33. The van der Waals surface area contributed by atoms with Gasteiger partial charge in [0.05, 0.1) is 10.3 Å². The van der Waals surface area contributed by atoms with Crippen molar-refractivity contribution in [3.63, 3.8) is 0 Å². The minimum Gasteiger partial charge on any atom is -0.481 e. The summed E-state index contributed by atoms with van der Waals surface area (Å²) in [6.07, 6.45) is 1.22. The second kappa shape index (κ2) is 4.61. The monoisotopic (exact) mass is 283 g/mol. The van der Waals surface area contributed by atoms with Gasteiger partial charge in [-0.1, -0.05) is 12.1 Å². The van der Waals surface area contributed by atoms with Crippen LogP contribution in [0.5, 0.6) is 0 Å². The summed E-state index contributed by atoms with van der Waals surface area (Å²) in [6, 6.07) is 5.93. The van der Waals surface area contributed by atoms with Crippen LogP contribution in [0.3, 0.4) is 0 Å². The predicted molar refractivity (Wildman–Crippen MR) is 70.4 cm³/mol. The number of aliphatic carboxylic acids is 1. The highest BCUT2D eigenvalue weighted by molar-refractivity contribution is 7.89.